The van der Waals surface area contributed by atoms with Crippen molar-refractivity contribution in [2.45, 2.75) is 12.6 Å². The zero-order valence-corrected chi connectivity index (χ0v) is 9.96. The van der Waals surface area contributed by atoms with Gasteiger partial charge in [0.1, 0.15) is 0 Å². The zero-order chi connectivity index (χ0) is 12.2. The molecule has 0 aliphatic carbocycles. The smallest absolute Gasteiger partial charge is 0.281 e. The summed E-state index contributed by atoms with van der Waals surface area (Å²) >= 11 is 0. The molecule has 1 aromatic heterocycles. The molecule has 2 aliphatic heterocycles. The highest BCUT2D eigenvalue weighted by molar-refractivity contribution is 7.80. The summed E-state index contributed by atoms with van der Waals surface area (Å²) < 4.78 is 36.5. The maximum Gasteiger partial charge on any atom is 0.413 e. The molecule has 0 aromatic carbocycles. The first-order valence-electron chi connectivity index (χ1n) is 5.11. The van der Waals surface area contributed by atoms with Gasteiger partial charge in [-0.05, 0) is 0 Å². The third kappa shape index (κ3) is 1.85. The Morgan fingerprint density at radius 2 is 2.35 bits per heavy atom. The molecule has 1 fully saturated rings. The Morgan fingerprint density at radius 3 is 3.06 bits per heavy atom. The van der Waals surface area contributed by atoms with Gasteiger partial charge in [0.05, 0.1) is 24.6 Å². The van der Waals surface area contributed by atoms with Gasteiger partial charge in [-0.1, -0.05) is 0 Å². The predicted octanol–water partition coefficient (Wildman–Crippen LogP) is -0.716. The molecule has 2 unspecified atom stereocenters. The Morgan fingerprint density at radius 1 is 1.59 bits per heavy atom. The van der Waals surface area contributed by atoms with Gasteiger partial charge in [-0.25, -0.2) is 0 Å². The lowest BCUT2D eigenvalue weighted by Gasteiger charge is -2.22. The molecule has 1 saturated heterocycles. The Kier molecular flexibility index (Phi) is 2.28. The summed E-state index contributed by atoms with van der Waals surface area (Å²) in [6.07, 6.45) is 1.71. The van der Waals surface area contributed by atoms with Crippen LogP contribution in [-0.4, -0.2) is 45.9 Å². The summed E-state index contributed by atoms with van der Waals surface area (Å²) in [6.45, 7) is 1.72. The lowest BCUT2D eigenvalue weighted by atomic mass is 10.1. The third-order valence-corrected chi connectivity index (χ3v) is 3.51. The normalized spacial score (nSPS) is 28.4. The minimum atomic E-state index is -4.47. The number of aromatic nitrogens is 2. The standard InChI is InChI=1S/C8H12N4O4S/c1-10-7-3-11-4-8(6(7)2-9-10)12(5-11)16-17(13,14)15/h2,8H,3-5H2,1H3,(H,13,14,15). The van der Waals surface area contributed by atoms with E-state index in [1.54, 1.807) is 10.9 Å². The molecule has 0 saturated carbocycles. The van der Waals surface area contributed by atoms with E-state index >= 15 is 0 Å². The van der Waals surface area contributed by atoms with Gasteiger partial charge in [-0.2, -0.15) is 17.8 Å². The van der Waals surface area contributed by atoms with Crippen molar-refractivity contribution in [2.75, 3.05) is 13.2 Å². The second-order valence-corrected chi connectivity index (χ2v) is 5.26. The van der Waals surface area contributed by atoms with E-state index in [2.05, 4.69) is 9.38 Å². The van der Waals surface area contributed by atoms with Crippen LogP contribution >= 0.6 is 0 Å². The lowest BCUT2D eigenvalue weighted by molar-refractivity contribution is -0.0794. The summed E-state index contributed by atoms with van der Waals surface area (Å²) in [6, 6.07) is -0.200. The highest BCUT2D eigenvalue weighted by Crippen LogP contribution is 2.36. The highest BCUT2D eigenvalue weighted by Gasteiger charge is 2.41. The fourth-order valence-electron chi connectivity index (χ4n) is 2.42. The van der Waals surface area contributed by atoms with Gasteiger partial charge >= 0.3 is 10.4 Å². The van der Waals surface area contributed by atoms with Gasteiger partial charge in [-0.3, -0.25) is 14.1 Å². The van der Waals surface area contributed by atoms with E-state index in [4.69, 9.17) is 4.55 Å². The molecule has 0 amide bonds. The van der Waals surface area contributed by atoms with Crippen molar-refractivity contribution in [1.29, 1.82) is 0 Å². The van der Waals surface area contributed by atoms with Gasteiger partial charge in [0.15, 0.2) is 0 Å². The molecule has 1 N–H and O–H groups in total. The second-order valence-electron chi connectivity index (χ2n) is 4.26. The maximum absolute atomic E-state index is 10.7. The molecule has 3 rings (SSSR count). The van der Waals surface area contributed by atoms with Crippen molar-refractivity contribution in [1.82, 2.24) is 19.7 Å². The van der Waals surface area contributed by atoms with Gasteiger partial charge in [0.25, 0.3) is 0 Å². The van der Waals surface area contributed by atoms with Crippen LogP contribution in [0.5, 0.6) is 0 Å². The van der Waals surface area contributed by atoms with Crippen molar-refractivity contribution in [2.24, 2.45) is 7.05 Å². The lowest BCUT2D eigenvalue weighted by Crippen LogP contribution is -2.27. The molecule has 0 radical (unpaired) electrons. The van der Waals surface area contributed by atoms with Crippen molar-refractivity contribution in [3.63, 3.8) is 0 Å². The number of fused-ring (bicyclic) bond motifs is 4. The van der Waals surface area contributed by atoms with Crippen LogP contribution in [0.15, 0.2) is 6.20 Å². The molecule has 1 aromatic rings. The fourth-order valence-corrected chi connectivity index (χ4v) is 2.81. The summed E-state index contributed by atoms with van der Waals surface area (Å²) in [7, 11) is -2.62. The van der Waals surface area contributed by atoms with Crippen LogP contribution in [-0.2, 0) is 28.3 Å². The third-order valence-electron chi connectivity index (χ3n) is 3.13. The number of hydrogen-bond acceptors (Lipinski definition) is 6. The second kappa shape index (κ2) is 3.50. The molecular formula is C8H12N4O4S. The maximum atomic E-state index is 10.7. The molecule has 94 valence electrons. The Balaban J connectivity index is 1.94. The van der Waals surface area contributed by atoms with E-state index in [0.717, 1.165) is 11.3 Å². The Labute approximate surface area is 98.3 Å². The quantitative estimate of drug-likeness (QED) is 0.702. The first-order valence-corrected chi connectivity index (χ1v) is 6.47. The highest BCUT2D eigenvalue weighted by atomic mass is 32.3. The number of nitrogens with zero attached hydrogens (tertiary/aromatic N) is 4. The van der Waals surface area contributed by atoms with Gasteiger partial charge in [0.2, 0.25) is 0 Å². The first-order chi connectivity index (χ1) is 7.94. The summed E-state index contributed by atoms with van der Waals surface area (Å²) in [4.78, 5) is 2.03. The summed E-state index contributed by atoms with van der Waals surface area (Å²) in [5.41, 5.74) is 1.99. The zero-order valence-electron chi connectivity index (χ0n) is 9.15. The molecule has 0 spiro atoms. The fraction of sp³-hybridized carbons (Fsp3) is 0.625. The molecule has 2 aliphatic rings. The summed E-state index contributed by atoms with van der Waals surface area (Å²) in [5.74, 6) is 0. The average Bonchev–Trinajstić information content (AvgIpc) is 2.70. The number of rotatable bonds is 2. The van der Waals surface area contributed by atoms with Crippen molar-refractivity contribution in [3.05, 3.63) is 17.5 Å². The minimum Gasteiger partial charge on any atom is -0.281 e. The summed E-state index contributed by atoms with van der Waals surface area (Å²) in [5, 5.41) is 5.41. The van der Waals surface area contributed by atoms with Crippen molar-refractivity contribution < 1.29 is 17.3 Å². The van der Waals surface area contributed by atoms with E-state index in [0.29, 0.717) is 19.8 Å². The first kappa shape index (κ1) is 11.1. The van der Waals surface area contributed by atoms with E-state index < -0.39 is 10.4 Å². The molecule has 3 heterocycles. The molecule has 2 bridgehead atoms. The molecular weight excluding hydrogens is 248 g/mol. The van der Waals surface area contributed by atoms with E-state index in [1.165, 1.54) is 5.06 Å². The van der Waals surface area contributed by atoms with Crippen LogP contribution in [0.2, 0.25) is 0 Å². The number of hydrogen-bond donors (Lipinski definition) is 1. The average molecular weight is 260 g/mol. The largest absolute Gasteiger partial charge is 0.413 e. The van der Waals surface area contributed by atoms with Crippen LogP contribution < -0.4 is 0 Å². The van der Waals surface area contributed by atoms with Gasteiger partial charge in [-0.15, -0.1) is 5.06 Å². The van der Waals surface area contributed by atoms with Crippen LogP contribution in [0.1, 0.15) is 17.3 Å². The van der Waals surface area contributed by atoms with Crippen LogP contribution in [0.3, 0.4) is 0 Å². The van der Waals surface area contributed by atoms with E-state index in [9.17, 15) is 8.42 Å². The van der Waals surface area contributed by atoms with Crippen molar-refractivity contribution in [3.8, 4) is 0 Å². The van der Waals surface area contributed by atoms with Crippen LogP contribution in [0.4, 0.5) is 0 Å². The predicted molar refractivity (Wildman–Crippen MR) is 55.7 cm³/mol. The van der Waals surface area contributed by atoms with Gasteiger partial charge in [0, 0.05) is 25.7 Å². The minimum absolute atomic E-state index is 0.200. The number of aryl methyl sites for hydroxylation is 1. The molecule has 17 heavy (non-hydrogen) atoms. The van der Waals surface area contributed by atoms with E-state index in [-0.39, 0.29) is 6.04 Å². The van der Waals surface area contributed by atoms with Crippen molar-refractivity contribution >= 4 is 10.4 Å². The number of hydroxylamine groups is 2. The molecule has 2 atom stereocenters. The monoisotopic (exact) mass is 260 g/mol. The van der Waals surface area contributed by atoms with Crippen LogP contribution in [0, 0.1) is 0 Å². The Bertz CT molecular complexity index is 554. The SMILES string of the molecule is Cn1ncc2c1CN1CC2N(OS(=O)(=O)O)C1. The Hall–Kier alpha value is -1.00. The van der Waals surface area contributed by atoms with Crippen LogP contribution in [0.25, 0.3) is 0 Å². The molecule has 9 heteroatoms. The van der Waals surface area contributed by atoms with Gasteiger partial charge < -0.3 is 0 Å². The van der Waals surface area contributed by atoms with E-state index in [1.807, 2.05) is 11.9 Å². The molecule has 8 nitrogen and oxygen atoms in total. The topological polar surface area (TPSA) is 87.9 Å².